The number of methoxy groups -OCH3 is 1. The highest BCUT2D eigenvalue weighted by molar-refractivity contribution is 5.92. The molecule has 5 nitrogen and oxygen atoms in total. The Morgan fingerprint density at radius 2 is 2.03 bits per heavy atom. The molecule has 0 N–H and O–H groups in total. The van der Waals surface area contributed by atoms with Gasteiger partial charge >= 0.3 is 0 Å². The summed E-state index contributed by atoms with van der Waals surface area (Å²) in [6, 6.07) is 16.3. The molecule has 0 unspecified atom stereocenters. The van der Waals surface area contributed by atoms with Crippen LogP contribution in [-0.2, 0) is 4.79 Å². The maximum absolute atomic E-state index is 12.6. The van der Waals surface area contributed by atoms with Crippen LogP contribution in [0.2, 0.25) is 0 Å². The fourth-order valence-electron chi connectivity index (χ4n) is 3.79. The van der Waals surface area contributed by atoms with Gasteiger partial charge in [0, 0.05) is 31.3 Å². The van der Waals surface area contributed by atoms with E-state index in [2.05, 4.69) is 29.2 Å². The second kappa shape index (κ2) is 8.35. The van der Waals surface area contributed by atoms with E-state index in [4.69, 9.17) is 4.74 Å². The molecule has 5 heteroatoms. The lowest BCUT2D eigenvalue weighted by Gasteiger charge is -2.14. The van der Waals surface area contributed by atoms with E-state index in [1.54, 1.807) is 19.5 Å². The molecule has 2 aromatic carbocycles. The van der Waals surface area contributed by atoms with Crippen LogP contribution in [0.3, 0.4) is 0 Å². The maximum atomic E-state index is 12.6. The minimum atomic E-state index is 0.0525. The van der Waals surface area contributed by atoms with Crippen LogP contribution in [0.5, 0.6) is 5.75 Å². The van der Waals surface area contributed by atoms with Crippen LogP contribution in [0.15, 0.2) is 67.1 Å². The van der Waals surface area contributed by atoms with Crippen molar-refractivity contribution in [3.8, 4) is 11.4 Å². The van der Waals surface area contributed by atoms with Crippen molar-refractivity contribution >= 4 is 12.0 Å². The van der Waals surface area contributed by atoms with Crippen molar-refractivity contribution in [3.05, 3.63) is 84.0 Å². The molecule has 148 valence electrons. The zero-order valence-corrected chi connectivity index (χ0v) is 16.8. The number of hydrogen-bond donors (Lipinski definition) is 0. The highest BCUT2D eigenvalue weighted by atomic mass is 16.5. The quantitative estimate of drug-likeness (QED) is 0.616. The monoisotopic (exact) mass is 387 g/mol. The largest absolute Gasteiger partial charge is 0.495 e. The molecule has 3 aromatic rings. The van der Waals surface area contributed by atoms with E-state index < -0.39 is 0 Å². The molecule has 0 spiro atoms. The lowest BCUT2D eigenvalue weighted by atomic mass is 9.99. The first-order chi connectivity index (χ1) is 14.1. The normalized spacial score (nSPS) is 16.5. The van der Waals surface area contributed by atoms with Gasteiger partial charge in [-0.1, -0.05) is 36.4 Å². The number of hydrogen-bond acceptors (Lipinski definition) is 3. The summed E-state index contributed by atoms with van der Waals surface area (Å²) in [6.07, 6.45) is 8.24. The van der Waals surface area contributed by atoms with Gasteiger partial charge in [-0.15, -0.1) is 0 Å². The van der Waals surface area contributed by atoms with Crippen LogP contribution >= 0.6 is 0 Å². The van der Waals surface area contributed by atoms with E-state index in [1.165, 1.54) is 5.56 Å². The van der Waals surface area contributed by atoms with E-state index in [0.717, 1.165) is 42.2 Å². The molecule has 0 bridgehead atoms. The second-order valence-corrected chi connectivity index (χ2v) is 7.37. The predicted octanol–water partition coefficient (Wildman–Crippen LogP) is 4.22. The summed E-state index contributed by atoms with van der Waals surface area (Å²) in [5, 5.41) is 0. The molecule has 1 fully saturated rings. The molecule has 4 rings (SSSR count). The first-order valence-corrected chi connectivity index (χ1v) is 9.85. The summed E-state index contributed by atoms with van der Waals surface area (Å²) in [6.45, 7) is 3.52. The minimum Gasteiger partial charge on any atom is -0.495 e. The predicted molar refractivity (Wildman–Crippen MR) is 114 cm³/mol. The number of nitrogens with zero attached hydrogens (tertiary/aromatic N) is 3. The zero-order valence-electron chi connectivity index (χ0n) is 16.8. The van der Waals surface area contributed by atoms with Gasteiger partial charge in [0.1, 0.15) is 5.75 Å². The van der Waals surface area contributed by atoms with E-state index in [-0.39, 0.29) is 5.91 Å². The summed E-state index contributed by atoms with van der Waals surface area (Å²) < 4.78 is 7.47. The van der Waals surface area contributed by atoms with E-state index >= 15 is 0 Å². The zero-order chi connectivity index (χ0) is 20.2. The molecule has 1 aliphatic rings. The van der Waals surface area contributed by atoms with Gasteiger partial charge in [-0.25, -0.2) is 4.98 Å². The third kappa shape index (κ3) is 4.24. The molecule has 29 heavy (non-hydrogen) atoms. The highest BCUT2D eigenvalue weighted by Crippen LogP contribution is 2.28. The molecular weight excluding hydrogens is 362 g/mol. The Bertz CT molecular complexity index is 1020. The number of benzene rings is 2. The van der Waals surface area contributed by atoms with Crippen molar-refractivity contribution in [2.45, 2.75) is 19.3 Å². The van der Waals surface area contributed by atoms with Gasteiger partial charge in [0.15, 0.2) is 0 Å². The molecule has 1 amide bonds. The number of amides is 1. The van der Waals surface area contributed by atoms with E-state index in [1.807, 2.05) is 52.9 Å². The molecule has 0 saturated carbocycles. The summed E-state index contributed by atoms with van der Waals surface area (Å²) in [4.78, 5) is 18.8. The Morgan fingerprint density at radius 1 is 1.21 bits per heavy atom. The van der Waals surface area contributed by atoms with Crippen LogP contribution < -0.4 is 4.74 Å². The molecule has 0 radical (unpaired) electrons. The summed E-state index contributed by atoms with van der Waals surface area (Å²) >= 11 is 0. The molecule has 2 heterocycles. The minimum absolute atomic E-state index is 0.0525. The van der Waals surface area contributed by atoms with Crippen molar-refractivity contribution in [1.29, 1.82) is 0 Å². The average Bonchev–Trinajstić information content (AvgIpc) is 3.42. The summed E-state index contributed by atoms with van der Waals surface area (Å²) in [5.74, 6) is 1.21. The molecule has 1 atom stereocenters. The molecule has 1 aromatic heterocycles. The number of aryl methyl sites for hydroxylation is 1. The first-order valence-electron chi connectivity index (χ1n) is 9.85. The van der Waals surface area contributed by atoms with Gasteiger partial charge in [0.2, 0.25) is 5.91 Å². The fraction of sp³-hybridized carbons (Fsp3) is 0.250. The Hall–Kier alpha value is -3.34. The number of rotatable bonds is 5. The smallest absolute Gasteiger partial charge is 0.246 e. The van der Waals surface area contributed by atoms with Gasteiger partial charge in [-0.3, -0.25) is 4.79 Å². The van der Waals surface area contributed by atoms with Gasteiger partial charge < -0.3 is 14.2 Å². The fourth-order valence-corrected chi connectivity index (χ4v) is 3.79. The van der Waals surface area contributed by atoms with Crippen LogP contribution in [0.4, 0.5) is 0 Å². The Morgan fingerprint density at radius 3 is 2.76 bits per heavy atom. The number of aromatic nitrogens is 2. The van der Waals surface area contributed by atoms with Gasteiger partial charge in [-0.2, -0.15) is 0 Å². The maximum Gasteiger partial charge on any atom is 0.246 e. The molecular formula is C24H25N3O2. The van der Waals surface area contributed by atoms with Gasteiger partial charge in [-0.05, 0) is 42.7 Å². The number of carbonyl (C=O) groups is 1. The van der Waals surface area contributed by atoms with Crippen LogP contribution in [0.1, 0.15) is 29.2 Å². The van der Waals surface area contributed by atoms with Gasteiger partial charge in [0.05, 0.1) is 24.8 Å². The van der Waals surface area contributed by atoms with Crippen LogP contribution in [-0.4, -0.2) is 40.6 Å². The van der Waals surface area contributed by atoms with Crippen molar-refractivity contribution < 1.29 is 9.53 Å². The second-order valence-electron chi connectivity index (χ2n) is 7.37. The topological polar surface area (TPSA) is 47.4 Å². The SMILES string of the molecule is COc1cc(/C=C/C(=O)N2CC[C@H](c3ccccc3)C2)ccc1-n1cnc(C)c1. The van der Waals surface area contributed by atoms with E-state index in [9.17, 15) is 4.79 Å². The van der Waals surface area contributed by atoms with Gasteiger partial charge in [0.25, 0.3) is 0 Å². The lowest BCUT2D eigenvalue weighted by molar-refractivity contribution is -0.124. The number of carbonyl (C=O) groups excluding carboxylic acids is 1. The van der Waals surface area contributed by atoms with Crippen molar-refractivity contribution in [1.82, 2.24) is 14.5 Å². The lowest BCUT2D eigenvalue weighted by Crippen LogP contribution is -2.26. The van der Waals surface area contributed by atoms with Crippen LogP contribution in [0.25, 0.3) is 11.8 Å². The first kappa shape index (κ1) is 19.0. The molecule has 0 aliphatic carbocycles. The number of imidazole rings is 1. The Balaban J connectivity index is 1.44. The summed E-state index contributed by atoms with van der Waals surface area (Å²) in [7, 11) is 1.65. The summed E-state index contributed by atoms with van der Waals surface area (Å²) in [5.41, 5.74) is 4.10. The third-order valence-electron chi connectivity index (χ3n) is 5.38. The van der Waals surface area contributed by atoms with E-state index in [0.29, 0.717) is 5.92 Å². The molecule has 1 saturated heterocycles. The average molecular weight is 387 g/mol. The van der Waals surface area contributed by atoms with Crippen LogP contribution in [0, 0.1) is 6.92 Å². The number of ether oxygens (including phenoxy) is 1. The Kier molecular flexibility index (Phi) is 5.47. The van der Waals surface area contributed by atoms with Crippen molar-refractivity contribution in [3.63, 3.8) is 0 Å². The third-order valence-corrected chi connectivity index (χ3v) is 5.38. The highest BCUT2D eigenvalue weighted by Gasteiger charge is 2.25. The standard InChI is InChI=1S/C24H25N3O2/c1-18-15-27(17-25-18)22-10-8-19(14-23(22)29-2)9-11-24(28)26-13-12-21(16-26)20-6-4-3-5-7-20/h3-11,14-15,17,21H,12-13,16H2,1-2H3/b11-9+/t21-/m0/s1. The van der Waals surface area contributed by atoms with Crippen molar-refractivity contribution in [2.75, 3.05) is 20.2 Å². The van der Waals surface area contributed by atoms with Crippen molar-refractivity contribution in [2.24, 2.45) is 0 Å². The molecule has 1 aliphatic heterocycles. The number of likely N-dealkylation sites (tertiary alicyclic amines) is 1. The Labute approximate surface area is 171 Å².